The molecule has 5 nitrogen and oxygen atoms in total. The average molecular weight is 348 g/mol. The van der Waals surface area contributed by atoms with Gasteiger partial charge in [0.1, 0.15) is 0 Å². The first kappa shape index (κ1) is 17.9. The van der Waals surface area contributed by atoms with E-state index in [4.69, 9.17) is 0 Å². The Labute approximate surface area is 154 Å². The van der Waals surface area contributed by atoms with Crippen LogP contribution in [0.5, 0.6) is 0 Å². The predicted molar refractivity (Wildman–Crippen MR) is 104 cm³/mol. The average Bonchev–Trinajstić information content (AvgIpc) is 3.06. The third-order valence-electron chi connectivity index (χ3n) is 4.32. The minimum atomic E-state index is -0.160. The van der Waals surface area contributed by atoms with Gasteiger partial charge in [-0.15, -0.1) is 0 Å². The van der Waals surface area contributed by atoms with Crippen molar-refractivity contribution in [2.24, 2.45) is 0 Å². The van der Waals surface area contributed by atoms with Gasteiger partial charge in [-0.2, -0.15) is 5.10 Å². The molecule has 134 valence electrons. The van der Waals surface area contributed by atoms with E-state index in [0.717, 1.165) is 11.4 Å². The van der Waals surface area contributed by atoms with Crippen LogP contribution in [0.3, 0.4) is 0 Å². The van der Waals surface area contributed by atoms with Gasteiger partial charge in [-0.3, -0.25) is 4.79 Å². The number of carbonyl (C=O) groups excluding carboxylic acids is 1. The van der Waals surface area contributed by atoms with E-state index in [2.05, 4.69) is 36.2 Å². The highest BCUT2D eigenvalue weighted by atomic mass is 16.1. The first-order valence-corrected chi connectivity index (χ1v) is 8.80. The summed E-state index contributed by atoms with van der Waals surface area (Å²) < 4.78 is 1.72. The van der Waals surface area contributed by atoms with Crippen molar-refractivity contribution in [3.63, 3.8) is 0 Å². The van der Waals surface area contributed by atoms with Gasteiger partial charge in [0, 0.05) is 11.9 Å². The van der Waals surface area contributed by atoms with Crippen LogP contribution in [-0.2, 0) is 11.8 Å². The maximum absolute atomic E-state index is 12.7. The number of nitrogens with one attached hydrogen (secondary N) is 1. The molecule has 1 aromatic carbocycles. The van der Waals surface area contributed by atoms with E-state index in [9.17, 15) is 4.79 Å². The molecule has 0 fully saturated rings. The van der Waals surface area contributed by atoms with Crippen molar-refractivity contribution in [1.82, 2.24) is 14.8 Å². The summed E-state index contributed by atoms with van der Waals surface area (Å²) in [5, 5.41) is 7.32. The van der Waals surface area contributed by atoms with Crippen LogP contribution in [0.15, 0.2) is 54.9 Å². The number of amides is 1. The lowest BCUT2D eigenvalue weighted by Gasteiger charge is -2.19. The topological polar surface area (TPSA) is 59.8 Å². The minimum absolute atomic E-state index is 0.0851. The molecular formula is C21H24N4O. The number of anilines is 1. The monoisotopic (exact) mass is 348 g/mol. The molecule has 2 aromatic heterocycles. The number of rotatable bonds is 4. The van der Waals surface area contributed by atoms with E-state index in [-0.39, 0.29) is 11.3 Å². The van der Waals surface area contributed by atoms with Gasteiger partial charge in [0.2, 0.25) is 0 Å². The first-order valence-electron chi connectivity index (χ1n) is 8.80. The zero-order valence-electron chi connectivity index (χ0n) is 15.7. The van der Waals surface area contributed by atoms with Crippen molar-refractivity contribution in [2.75, 3.05) is 5.32 Å². The molecule has 0 spiro atoms. The third kappa shape index (κ3) is 3.67. The Hall–Kier alpha value is -2.95. The fourth-order valence-electron chi connectivity index (χ4n) is 2.83. The lowest BCUT2D eigenvalue weighted by atomic mass is 9.87. The number of benzene rings is 1. The maximum atomic E-state index is 12.7. The van der Waals surface area contributed by atoms with Crippen LogP contribution in [0.2, 0.25) is 0 Å². The number of hydrogen-bond acceptors (Lipinski definition) is 3. The van der Waals surface area contributed by atoms with Crippen molar-refractivity contribution in [3.8, 4) is 5.82 Å². The smallest absolute Gasteiger partial charge is 0.259 e. The molecule has 2 heterocycles. The number of pyridine rings is 1. The summed E-state index contributed by atoms with van der Waals surface area (Å²) in [6.07, 6.45) is 4.00. The second-order valence-electron chi connectivity index (χ2n) is 7.24. The Bertz CT molecular complexity index is 890. The molecule has 0 radical (unpaired) electrons. The van der Waals surface area contributed by atoms with Gasteiger partial charge in [0.15, 0.2) is 5.82 Å². The van der Waals surface area contributed by atoms with Gasteiger partial charge in [0.25, 0.3) is 5.91 Å². The van der Waals surface area contributed by atoms with Crippen LogP contribution < -0.4 is 5.32 Å². The Morgan fingerprint density at radius 1 is 1.12 bits per heavy atom. The zero-order valence-corrected chi connectivity index (χ0v) is 15.7. The molecule has 0 saturated carbocycles. The van der Waals surface area contributed by atoms with Gasteiger partial charge in [-0.1, -0.05) is 45.9 Å². The Morgan fingerprint density at radius 2 is 1.85 bits per heavy atom. The third-order valence-corrected chi connectivity index (χ3v) is 4.32. The number of nitrogens with zero attached hydrogens (tertiary/aromatic N) is 3. The quantitative estimate of drug-likeness (QED) is 0.761. The Balaban J connectivity index is 1.83. The number of carbonyl (C=O) groups is 1. The second kappa shape index (κ2) is 7.12. The maximum Gasteiger partial charge on any atom is 0.259 e. The van der Waals surface area contributed by atoms with Crippen LogP contribution in [0.1, 0.15) is 49.3 Å². The van der Waals surface area contributed by atoms with E-state index in [0.29, 0.717) is 17.8 Å². The zero-order chi connectivity index (χ0) is 18.7. The predicted octanol–water partition coefficient (Wildman–Crippen LogP) is 4.38. The summed E-state index contributed by atoms with van der Waals surface area (Å²) in [4.78, 5) is 17.1. The van der Waals surface area contributed by atoms with Crippen molar-refractivity contribution in [1.29, 1.82) is 0 Å². The fraction of sp³-hybridized carbons (Fsp3) is 0.286. The molecule has 5 heteroatoms. The van der Waals surface area contributed by atoms with Gasteiger partial charge in [-0.25, -0.2) is 9.67 Å². The molecule has 1 N–H and O–H groups in total. The standard InChI is InChI=1S/C21H24N4O/c1-5-18-17(14-23-25(18)19-8-6-7-13-22-19)20(26)24-16-11-9-15(10-12-16)21(2,3)4/h6-14H,5H2,1-4H3,(H,24,26). The highest BCUT2D eigenvalue weighted by Gasteiger charge is 2.18. The summed E-state index contributed by atoms with van der Waals surface area (Å²) in [7, 11) is 0. The molecule has 0 aliphatic carbocycles. The van der Waals surface area contributed by atoms with Gasteiger partial charge >= 0.3 is 0 Å². The molecular weight excluding hydrogens is 324 g/mol. The molecule has 3 aromatic rings. The van der Waals surface area contributed by atoms with Crippen LogP contribution in [0, 0.1) is 0 Å². The summed E-state index contributed by atoms with van der Waals surface area (Å²) in [5.41, 5.74) is 3.50. The molecule has 1 amide bonds. The summed E-state index contributed by atoms with van der Waals surface area (Å²) in [5.74, 6) is 0.547. The Kier molecular flexibility index (Phi) is 4.89. The van der Waals surface area contributed by atoms with E-state index in [1.807, 2.05) is 49.4 Å². The SMILES string of the molecule is CCc1c(C(=O)Nc2ccc(C(C)(C)C)cc2)cnn1-c1ccccn1. The van der Waals surface area contributed by atoms with Crippen LogP contribution in [0.4, 0.5) is 5.69 Å². The highest BCUT2D eigenvalue weighted by Crippen LogP contribution is 2.24. The summed E-state index contributed by atoms with van der Waals surface area (Å²) in [6, 6.07) is 13.6. The molecule has 0 aliphatic rings. The molecule has 0 aliphatic heterocycles. The lowest BCUT2D eigenvalue weighted by Crippen LogP contribution is -2.15. The lowest BCUT2D eigenvalue weighted by molar-refractivity contribution is 0.102. The second-order valence-corrected chi connectivity index (χ2v) is 7.24. The van der Waals surface area contributed by atoms with E-state index >= 15 is 0 Å². The number of aromatic nitrogens is 3. The molecule has 26 heavy (non-hydrogen) atoms. The number of hydrogen-bond donors (Lipinski definition) is 1. The highest BCUT2D eigenvalue weighted by molar-refractivity contribution is 6.05. The molecule has 0 unspecified atom stereocenters. The van der Waals surface area contributed by atoms with Crippen molar-refractivity contribution < 1.29 is 4.79 Å². The van der Waals surface area contributed by atoms with Gasteiger partial charge in [0.05, 0.1) is 17.5 Å². The molecule has 0 atom stereocenters. The van der Waals surface area contributed by atoms with E-state index in [1.165, 1.54) is 5.56 Å². The normalized spacial score (nSPS) is 11.4. The summed E-state index contributed by atoms with van der Waals surface area (Å²) in [6.45, 7) is 8.51. The molecule has 3 rings (SSSR count). The Morgan fingerprint density at radius 3 is 2.42 bits per heavy atom. The van der Waals surface area contributed by atoms with Crippen LogP contribution in [-0.4, -0.2) is 20.7 Å². The van der Waals surface area contributed by atoms with Gasteiger partial charge in [-0.05, 0) is 41.7 Å². The molecule has 0 saturated heterocycles. The van der Waals surface area contributed by atoms with Crippen molar-refractivity contribution in [3.05, 3.63) is 71.7 Å². The largest absolute Gasteiger partial charge is 0.322 e. The fourth-order valence-corrected chi connectivity index (χ4v) is 2.83. The summed E-state index contributed by atoms with van der Waals surface area (Å²) >= 11 is 0. The van der Waals surface area contributed by atoms with Gasteiger partial charge < -0.3 is 5.32 Å². The van der Waals surface area contributed by atoms with E-state index in [1.54, 1.807) is 17.1 Å². The minimum Gasteiger partial charge on any atom is -0.322 e. The molecule has 0 bridgehead atoms. The van der Waals surface area contributed by atoms with Crippen LogP contribution in [0.25, 0.3) is 5.82 Å². The van der Waals surface area contributed by atoms with Crippen LogP contribution >= 0.6 is 0 Å². The van der Waals surface area contributed by atoms with Crippen molar-refractivity contribution in [2.45, 2.75) is 39.5 Å². The van der Waals surface area contributed by atoms with Crippen molar-refractivity contribution >= 4 is 11.6 Å². The first-order chi connectivity index (χ1) is 12.4. The van der Waals surface area contributed by atoms with E-state index < -0.39 is 0 Å².